The number of guanidine groups is 1. The Balaban J connectivity index is 0.00000341. The second-order valence-corrected chi connectivity index (χ2v) is 8.68. The fraction of sp³-hybridized carbons (Fsp3) is 0.450. The van der Waals surface area contributed by atoms with Crippen molar-refractivity contribution in [2.75, 3.05) is 26.3 Å². The normalized spacial score (nSPS) is 16.0. The van der Waals surface area contributed by atoms with Crippen molar-refractivity contribution >= 4 is 40.0 Å². The second kappa shape index (κ2) is 11.8. The van der Waals surface area contributed by atoms with E-state index in [0.717, 1.165) is 17.7 Å². The molecule has 0 bridgehead atoms. The van der Waals surface area contributed by atoms with Gasteiger partial charge in [0.15, 0.2) is 11.7 Å². The van der Waals surface area contributed by atoms with Gasteiger partial charge in [-0.3, -0.25) is 0 Å². The van der Waals surface area contributed by atoms with Crippen LogP contribution < -0.4 is 15.8 Å². The van der Waals surface area contributed by atoms with Crippen LogP contribution in [-0.2, 0) is 32.5 Å². The first kappa shape index (κ1) is 25.6. The highest BCUT2D eigenvalue weighted by Crippen LogP contribution is 2.21. The van der Waals surface area contributed by atoms with Gasteiger partial charge in [0.05, 0.1) is 30.9 Å². The van der Waals surface area contributed by atoms with Crippen molar-refractivity contribution in [1.29, 1.82) is 0 Å². The standard InChI is InChI=1S/C20H28N4O5S.HI/c1-20(28-13-14-29-20)9-11-23-19(22-10-8-17-3-2-12-27-17)24-15-16-4-6-18(7-5-16)30(21,25)26;/h2-7,12H,8-11,13-15H2,1H3,(H2,21,25,26)(H2,22,23,24);1H. The zero-order chi connectivity index (χ0) is 21.5. The molecular weight excluding hydrogens is 535 g/mol. The lowest BCUT2D eigenvalue weighted by Crippen LogP contribution is -2.41. The van der Waals surface area contributed by atoms with Crippen molar-refractivity contribution in [3.63, 3.8) is 0 Å². The van der Waals surface area contributed by atoms with Gasteiger partial charge in [0, 0.05) is 25.9 Å². The van der Waals surface area contributed by atoms with Crippen LogP contribution in [0.5, 0.6) is 0 Å². The highest BCUT2D eigenvalue weighted by Gasteiger charge is 2.30. The number of aliphatic imine (C=N–C) groups is 1. The number of ether oxygens (including phenoxy) is 2. The smallest absolute Gasteiger partial charge is 0.238 e. The molecule has 0 spiro atoms. The van der Waals surface area contributed by atoms with Gasteiger partial charge in [-0.15, -0.1) is 24.0 Å². The van der Waals surface area contributed by atoms with Gasteiger partial charge in [-0.25, -0.2) is 18.5 Å². The van der Waals surface area contributed by atoms with Crippen LogP contribution >= 0.6 is 24.0 Å². The Morgan fingerprint density at radius 1 is 1.13 bits per heavy atom. The van der Waals surface area contributed by atoms with Crippen molar-refractivity contribution in [3.8, 4) is 0 Å². The molecule has 31 heavy (non-hydrogen) atoms. The van der Waals surface area contributed by atoms with Crippen molar-refractivity contribution in [2.45, 2.75) is 37.0 Å². The Morgan fingerprint density at radius 2 is 1.81 bits per heavy atom. The van der Waals surface area contributed by atoms with Crippen LogP contribution in [0, 0.1) is 0 Å². The first-order valence-corrected chi connectivity index (χ1v) is 11.3. The second-order valence-electron chi connectivity index (χ2n) is 7.12. The minimum Gasteiger partial charge on any atom is -0.469 e. The van der Waals surface area contributed by atoms with E-state index in [9.17, 15) is 8.42 Å². The SMILES string of the molecule is CC1(CCNC(=NCc2ccc(S(N)(=O)=O)cc2)NCCc2ccco2)OCCO1.I. The average Bonchev–Trinajstić information content (AvgIpc) is 3.37. The Bertz CT molecular complexity index is 927. The number of nitrogens with zero attached hydrogens (tertiary/aromatic N) is 1. The van der Waals surface area contributed by atoms with Crippen LogP contribution in [-0.4, -0.2) is 46.5 Å². The summed E-state index contributed by atoms with van der Waals surface area (Å²) in [6.07, 6.45) is 3.05. The summed E-state index contributed by atoms with van der Waals surface area (Å²) in [7, 11) is -3.70. The highest BCUT2D eigenvalue weighted by atomic mass is 127. The maximum Gasteiger partial charge on any atom is 0.238 e. The summed E-state index contributed by atoms with van der Waals surface area (Å²) in [5.41, 5.74) is 0.865. The Morgan fingerprint density at radius 3 is 2.42 bits per heavy atom. The van der Waals surface area contributed by atoms with E-state index in [2.05, 4.69) is 15.6 Å². The van der Waals surface area contributed by atoms with Crippen LogP contribution in [0.1, 0.15) is 24.7 Å². The van der Waals surface area contributed by atoms with Crippen molar-refractivity contribution in [3.05, 3.63) is 54.0 Å². The molecule has 1 aliphatic heterocycles. The van der Waals surface area contributed by atoms with Gasteiger partial charge in [0.1, 0.15) is 5.76 Å². The Hall–Kier alpha value is -1.67. The zero-order valence-corrected chi connectivity index (χ0v) is 20.5. The quantitative estimate of drug-likeness (QED) is 0.242. The lowest BCUT2D eigenvalue weighted by Gasteiger charge is -2.23. The monoisotopic (exact) mass is 564 g/mol. The molecule has 2 aromatic rings. The third kappa shape index (κ3) is 8.41. The molecular formula is C20H29IN4O5S. The molecule has 0 aliphatic carbocycles. The molecule has 0 unspecified atom stereocenters. The van der Waals surface area contributed by atoms with Gasteiger partial charge in [0.25, 0.3) is 0 Å². The van der Waals surface area contributed by atoms with Crippen molar-refractivity contribution in [1.82, 2.24) is 10.6 Å². The summed E-state index contributed by atoms with van der Waals surface area (Å²) in [5.74, 6) is 0.954. The van der Waals surface area contributed by atoms with Crippen LogP contribution in [0.3, 0.4) is 0 Å². The van der Waals surface area contributed by atoms with E-state index in [4.69, 9.17) is 19.0 Å². The van der Waals surface area contributed by atoms with Gasteiger partial charge in [-0.2, -0.15) is 0 Å². The van der Waals surface area contributed by atoms with Crippen LogP contribution in [0.4, 0.5) is 0 Å². The lowest BCUT2D eigenvalue weighted by atomic mass is 10.2. The third-order valence-corrected chi connectivity index (χ3v) is 5.61. The minimum absolute atomic E-state index is 0. The molecule has 0 radical (unpaired) electrons. The summed E-state index contributed by atoms with van der Waals surface area (Å²) in [6, 6.07) is 10.1. The van der Waals surface area contributed by atoms with Crippen LogP contribution in [0.25, 0.3) is 0 Å². The first-order chi connectivity index (χ1) is 14.3. The number of rotatable bonds is 9. The van der Waals surface area contributed by atoms with E-state index >= 15 is 0 Å². The topological polar surface area (TPSA) is 128 Å². The van der Waals surface area contributed by atoms with Gasteiger partial charge in [0.2, 0.25) is 10.0 Å². The summed E-state index contributed by atoms with van der Waals surface area (Å²) in [4.78, 5) is 4.67. The van der Waals surface area contributed by atoms with E-state index in [1.807, 2.05) is 19.1 Å². The predicted molar refractivity (Wildman–Crippen MR) is 128 cm³/mol. The maximum absolute atomic E-state index is 11.4. The van der Waals surface area contributed by atoms with Crippen LogP contribution in [0.15, 0.2) is 57.0 Å². The summed E-state index contributed by atoms with van der Waals surface area (Å²) in [5, 5.41) is 11.7. The summed E-state index contributed by atoms with van der Waals surface area (Å²) in [6.45, 7) is 4.78. The van der Waals surface area contributed by atoms with Crippen LogP contribution in [0.2, 0.25) is 0 Å². The molecule has 4 N–H and O–H groups in total. The molecule has 2 heterocycles. The number of nitrogens with one attached hydrogen (secondary N) is 2. The molecule has 3 rings (SSSR count). The minimum atomic E-state index is -3.70. The van der Waals surface area contributed by atoms with E-state index in [1.54, 1.807) is 18.4 Å². The molecule has 9 nitrogen and oxygen atoms in total. The molecule has 172 valence electrons. The number of nitrogens with two attached hydrogens (primary N) is 1. The molecule has 1 aromatic heterocycles. The Labute approximate surface area is 199 Å². The predicted octanol–water partition coefficient (Wildman–Crippen LogP) is 1.98. The fourth-order valence-electron chi connectivity index (χ4n) is 3.00. The molecule has 11 heteroatoms. The number of hydrogen-bond donors (Lipinski definition) is 3. The number of hydrogen-bond acceptors (Lipinski definition) is 6. The number of furan rings is 1. The molecule has 1 saturated heterocycles. The summed E-state index contributed by atoms with van der Waals surface area (Å²) >= 11 is 0. The lowest BCUT2D eigenvalue weighted by molar-refractivity contribution is -0.145. The van der Waals surface area contributed by atoms with Gasteiger partial charge in [-0.1, -0.05) is 12.1 Å². The average molecular weight is 564 g/mol. The highest BCUT2D eigenvalue weighted by molar-refractivity contribution is 14.0. The molecule has 0 saturated carbocycles. The number of sulfonamides is 1. The van der Waals surface area contributed by atoms with E-state index in [1.165, 1.54) is 12.1 Å². The molecule has 0 amide bonds. The van der Waals surface area contributed by atoms with Gasteiger partial charge < -0.3 is 24.5 Å². The van der Waals surface area contributed by atoms with Crippen molar-refractivity contribution in [2.24, 2.45) is 10.1 Å². The molecule has 1 fully saturated rings. The number of primary sulfonamides is 1. The van der Waals surface area contributed by atoms with E-state index in [-0.39, 0.29) is 28.9 Å². The van der Waals surface area contributed by atoms with Crippen molar-refractivity contribution < 1.29 is 22.3 Å². The number of halogens is 1. The first-order valence-electron chi connectivity index (χ1n) is 9.78. The Kier molecular flexibility index (Phi) is 9.75. The molecule has 0 atom stereocenters. The number of benzene rings is 1. The summed E-state index contributed by atoms with van der Waals surface area (Å²) < 4.78 is 39.4. The molecule has 1 aromatic carbocycles. The van der Waals surface area contributed by atoms with E-state index < -0.39 is 15.8 Å². The largest absolute Gasteiger partial charge is 0.469 e. The fourth-order valence-corrected chi connectivity index (χ4v) is 3.51. The van der Waals surface area contributed by atoms with Gasteiger partial charge in [-0.05, 0) is 36.8 Å². The third-order valence-electron chi connectivity index (χ3n) is 4.69. The van der Waals surface area contributed by atoms with E-state index in [0.29, 0.717) is 45.2 Å². The zero-order valence-electron chi connectivity index (χ0n) is 17.4. The van der Waals surface area contributed by atoms with Gasteiger partial charge >= 0.3 is 0 Å². The molecule has 1 aliphatic rings. The maximum atomic E-state index is 11.4.